The highest BCUT2D eigenvalue weighted by Crippen LogP contribution is 2.38. The van der Waals surface area contributed by atoms with E-state index in [2.05, 4.69) is 0 Å². The van der Waals surface area contributed by atoms with Crippen molar-refractivity contribution in [2.24, 2.45) is 0 Å². The number of hydrogen-bond donors (Lipinski definition) is 0. The molecule has 0 saturated carbocycles. The van der Waals surface area contributed by atoms with Crippen molar-refractivity contribution < 1.29 is 32.6 Å². The van der Waals surface area contributed by atoms with E-state index in [1.54, 1.807) is 20.8 Å². The van der Waals surface area contributed by atoms with Crippen molar-refractivity contribution in [2.45, 2.75) is 46.1 Å². The average molecular weight is 395 g/mol. The minimum Gasteiger partial charge on any atom is -0.465 e. The Morgan fingerprint density at radius 3 is 2.54 bits per heavy atom. The summed E-state index contributed by atoms with van der Waals surface area (Å²) in [5.74, 6) is -4.39. The summed E-state index contributed by atoms with van der Waals surface area (Å²) in [5.41, 5.74) is 0.257. The Labute approximate surface area is 162 Å². The highest BCUT2D eigenvalue weighted by Gasteiger charge is 2.39. The van der Waals surface area contributed by atoms with Gasteiger partial charge in [-0.15, -0.1) is 0 Å². The molecule has 0 N–H and O–H groups in total. The van der Waals surface area contributed by atoms with Gasteiger partial charge in [0.2, 0.25) is 5.91 Å². The molecule has 8 heteroatoms. The van der Waals surface area contributed by atoms with Crippen LogP contribution in [0.4, 0.5) is 8.78 Å². The van der Waals surface area contributed by atoms with Gasteiger partial charge in [-0.3, -0.25) is 9.59 Å². The number of allylic oxidation sites excluding steroid dienone is 1. The van der Waals surface area contributed by atoms with E-state index in [4.69, 9.17) is 9.47 Å². The molecule has 0 radical (unpaired) electrons. The number of nitrogens with zero attached hydrogens (tertiary/aromatic N) is 1. The largest absolute Gasteiger partial charge is 0.465 e. The van der Waals surface area contributed by atoms with Crippen molar-refractivity contribution in [1.82, 2.24) is 4.90 Å². The van der Waals surface area contributed by atoms with Crippen LogP contribution in [-0.2, 0) is 23.9 Å². The zero-order valence-corrected chi connectivity index (χ0v) is 16.3. The van der Waals surface area contributed by atoms with Gasteiger partial charge >= 0.3 is 11.9 Å². The molecule has 0 spiro atoms. The molecule has 1 unspecified atom stereocenters. The van der Waals surface area contributed by atoms with Gasteiger partial charge in [-0.2, -0.15) is 0 Å². The van der Waals surface area contributed by atoms with E-state index in [1.807, 2.05) is 0 Å². The molecule has 1 atom stereocenters. The van der Waals surface area contributed by atoms with Crippen LogP contribution < -0.4 is 0 Å². The van der Waals surface area contributed by atoms with E-state index in [9.17, 15) is 23.2 Å². The number of esters is 2. The third-order valence-electron chi connectivity index (χ3n) is 4.32. The van der Waals surface area contributed by atoms with Crippen molar-refractivity contribution in [3.05, 3.63) is 46.7 Å². The first-order chi connectivity index (χ1) is 13.1. The molecule has 0 bridgehead atoms. The average Bonchev–Trinajstić information content (AvgIpc) is 2.57. The van der Waals surface area contributed by atoms with Gasteiger partial charge in [-0.1, -0.05) is 6.07 Å². The lowest BCUT2D eigenvalue weighted by molar-refractivity contribution is -0.149. The Balaban J connectivity index is 2.52. The molecule has 0 saturated heterocycles. The van der Waals surface area contributed by atoms with E-state index in [0.717, 1.165) is 11.0 Å². The third kappa shape index (κ3) is 4.74. The summed E-state index contributed by atoms with van der Waals surface area (Å²) in [5, 5.41) is 0. The molecule has 0 aromatic heterocycles. The molecule has 1 aromatic rings. The summed E-state index contributed by atoms with van der Waals surface area (Å²) in [6.45, 7) is 6.22. The second kappa shape index (κ2) is 8.95. The number of benzene rings is 1. The minimum atomic E-state index is -0.946. The number of amides is 1. The minimum absolute atomic E-state index is 0.0144. The Hall–Kier alpha value is -2.77. The summed E-state index contributed by atoms with van der Waals surface area (Å²) in [6.07, 6.45) is -0.704. The standard InChI is InChI=1S/C20H23F2NO5/c1-5-27-18(25)10-23-12(4)19(20(26)28-11(2)3)15(9-17(23)24)14-7-6-13(21)8-16(14)22/h6-8,11,15H,5,9-10H2,1-4H3. The summed E-state index contributed by atoms with van der Waals surface area (Å²) in [6, 6.07) is 2.97. The van der Waals surface area contributed by atoms with Crippen LogP contribution in [0.5, 0.6) is 0 Å². The smallest absolute Gasteiger partial charge is 0.336 e. The predicted octanol–water partition coefficient (Wildman–Crippen LogP) is 3.07. The zero-order valence-electron chi connectivity index (χ0n) is 16.3. The van der Waals surface area contributed by atoms with E-state index in [1.165, 1.54) is 13.0 Å². The first-order valence-electron chi connectivity index (χ1n) is 8.98. The molecule has 1 amide bonds. The van der Waals surface area contributed by atoms with Crippen LogP contribution in [0.15, 0.2) is 29.5 Å². The maximum Gasteiger partial charge on any atom is 0.336 e. The van der Waals surface area contributed by atoms with Crippen LogP contribution in [0.3, 0.4) is 0 Å². The summed E-state index contributed by atoms with van der Waals surface area (Å²) < 4.78 is 37.8. The number of carbonyl (C=O) groups excluding carboxylic acids is 3. The molecule has 2 rings (SSSR count). The molecular weight excluding hydrogens is 372 g/mol. The topological polar surface area (TPSA) is 72.9 Å². The Morgan fingerprint density at radius 1 is 1.29 bits per heavy atom. The number of hydrogen-bond acceptors (Lipinski definition) is 5. The first kappa shape index (κ1) is 21.5. The van der Waals surface area contributed by atoms with Crippen molar-refractivity contribution in [1.29, 1.82) is 0 Å². The first-order valence-corrected chi connectivity index (χ1v) is 8.98. The van der Waals surface area contributed by atoms with Crippen LogP contribution in [0.2, 0.25) is 0 Å². The van der Waals surface area contributed by atoms with Crippen LogP contribution in [0.25, 0.3) is 0 Å². The second-order valence-electron chi connectivity index (χ2n) is 6.66. The maximum atomic E-state index is 14.4. The van der Waals surface area contributed by atoms with Crippen molar-refractivity contribution >= 4 is 17.8 Å². The molecule has 28 heavy (non-hydrogen) atoms. The SMILES string of the molecule is CCOC(=O)CN1C(=O)CC(c2ccc(F)cc2F)C(C(=O)OC(C)C)=C1C. The summed E-state index contributed by atoms with van der Waals surface area (Å²) in [4.78, 5) is 38.3. The lowest BCUT2D eigenvalue weighted by Crippen LogP contribution is -2.42. The van der Waals surface area contributed by atoms with Crippen molar-refractivity contribution in [2.75, 3.05) is 13.2 Å². The summed E-state index contributed by atoms with van der Waals surface area (Å²) in [7, 11) is 0. The Morgan fingerprint density at radius 2 is 1.96 bits per heavy atom. The normalized spacial score (nSPS) is 17.2. The maximum absolute atomic E-state index is 14.4. The fraction of sp³-hybridized carbons (Fsp3) is 0.450. The molecule has 1 aliphatic rings. The zero-order chi connectivity index (χ0) is 21.0. The van der Waals surface area contributed by atoms with E-state index < -0.39 is 41.5 Å². The fourth-order valence-corrected chi connectivity index (χ4v) is 3.13. The number of rotatable bonds is 6. The lowest BCUT2D eigenvalue weighted by Gasteiger charge is -2.34. The van der Waals surface area contributed by atoms with E-state index >= 15 is 0 Å². The quantitative estimate of drug-likeness (QED) is 0.692. The van der Waals surface area contributed by atoms with Gasteiger partial charge in [0.1, 0.15) is 18.2 Å². The molecule has 1 aromatic carbocycles. The van der Waals surface area contributed by atoms with Crippen LogP contribution >= 0.6 is 0 Å². The van der Waals surface area contributed by atoms with Gasteiger partial charge in [0.05, 0.1) is 18.3 Å². The molecule has 0 aliphatic carbocycles. The molecule has 1 aliphatic heterocycles. The van der Waals surface area contributed by atoms with Crippen molar-refractivity contribution in [3.63, 3.8) is 0 Å². The predicted molar refractivity (Wildman–Crippen MR) is 96.0 cm³/mol. The Bertz CT molecular complexity index is 819. The molecule has 152 valence electrons. The highest BCUT2D eigenvalue weighted by atomic mass is 19.1. The van der Waals surface area contributed by atoms with E-state index in [0.29, 0.717) is 6.07 Å². The van der Waals surface area contributed by atoms with Crippen LogP contribution in [0.1, 0.15) is 45.6 Å². The van der Waals surface area contributed by atoms with Crippen LogP contribution in [-0.4, -0.2) is 42.0 Å². The second-order valence-corrected chi connectivity index (χ2v) is 6.66. The van der Waals surface area contributed by atoms with Gasteiger partial charge in [0.15, 0.2) is 0 Å². The van der Waals surface area contributed by atoms with E-state index in [-0.39, 0.29) is 36.4 Å². The molecule has 0 fully saturated rings. The molecular formula is C20H23F2NO5. The van der Waals surface area contributed by atoms with Gasteiger partial charge in [0, 0.05) is 24.1 Å². The Kier molecular flexibility index (Phi) is 6.88. The number of ether oxygens (including phenoxy) is 2. The number of halogens is 2. The fourth-order valence-electron chi connectivity index (χ4n) is 3.13. The van der Waals surface area contributed by atoms with Gasteiger partial charge in [-0.05, 0) is 39.3 Å². The van der Waals surface area contributed by atoms with Gasteiger partial charge in [-0.25, -0.2) is 13.6 Å². The highest BCUT2D eigenvalue weighted by molar-refractivity contribution is 5.96. The molecule has 6 nitrogen and oxygen atoms in total. The van der Waals surface area contributed by atoms with Gasteiger partial charge < -0.3 is 14.4 Å². The monoisotopic (exact) mass is 395 g/mol. The third-order valence-corrected chi connectivity index (χ3v) is 4.32. The van der Waals surface area contributed by atoms with Gasteiger partial charge in [0.25, 0.3) is 0 Å². The van der Waals surface area contributed by atoms with Crippen molar-refractivity contribution in [3.8, 4) is 0 Å². The van der Waals surface area contributed by atoms with Crippen LogP contribution in [0, 0.1) is 11.6 Å². The summed E-state index contributed by atoms with van der Waals surface area (Å²) >= 11 is 0. The number of carbonyl (C=O) groups is 3. The lowest BCUT2D eigenvalue weighted by atomic mass is 9.83. The molecule has 1 heterocycles.